The monoisotopic (exact) mass is 284 g/mol. The normalized spacial score (nSPS) is 10.1. The van der Waals surface area contributed by atoms with Gasteiger partial charge in [-0.05, 0) is 41.9 Å². The van der Waals surface area contributed by atoms with Crippen molar-refractivity contribution < 1.29 is 9.13 Å². The molecule has 0 heterocycles. The van der Waals surface area contributed by atoms with Crippen molar-refractivity contribution in [2.24, 2.45) is 0 Å². The van der Waals surface area contributed by atoms with E-state index < -0.39 is 0 Å². The lowest BCUT2D eigenvalue weighted by Crippen LogP contribution is -2.12. The molecule has 0 saturated carbocycles. The Kier molecular flexibility index (Phi) is 5.30. The maximum Gasteiger partial charge on any atom is 0.127 e. The number of nitrogens with zero attached hydrogens (tertiary/aromatic N) is 1. The lowest BCUT2D eigenvalue weighted by Gasteiger charge is -2.09. The summed E-state index contributed by atoms with van der Waals surface area (Å²) in [6.45, 7) is 3.79. The quantitative estimate of drug-likeness (QED) is 0.884. The van der Waals surface area contributed by atoms with Crippen LogP contribution < -0.4 is 10.1 Å². The highest BCUT2D eigenvalue weighted by Gasteiger charge is 2.03. The van der Waals surface area contributed by atoms with Gasteiger partial charge in [-0.15, -0.1) is 0 Å². The lowest BCUT2D eigenvalue weighted by molar-refractivity contribution is 0.304. The summed E-state index contributed by atoms with van der Waals surface area (Å²) >= 11 is 0. The van der Waals surface area contributed by atoms with E-state index in [2.05, 4.69) is 11.4 Å². The highest BCUT2D eigenvalue weighted by atomic mass is 19.1. The van der Waals surface area contributed by atoms with Crippen molar-refractivity contribution in [3.8, 4) is 11.8 Å². The van der Waals surface area contributed by atoms with Crippen LogP contribution >= 0.6 is 0 Å². The Balaban J connectivity index is 2.01. The lowest BCUT2D eigenvalue weighted by atomic mass is 10.1. The van der Waals surface area contributed by atoms with Gasteiger partial charge in [-0.3, -0.25) is 0 Å². The van der Waals surface area contributed by atoms with Crippen molar-refractivity contribution >= 4 is 0 Å². The van der Waals surface area contributed by atoms with Gasteiger partial charge in [-0.2, -0.15) is 5.26 Å². The predicted molar refractivity (Wildman–Crippen MR) is 79.3 cm³/mol. The molecule has 21 heavy (non-hydrogen) atoms. The zero-order valence-electron chi connectivity index (χ0n) is 11.9. The number of hydrogen-bond donors (Lipinski definition) is 1. The molecule has 0 amide bonds. The van der Waals surface area contributed by atoms with Crippen LogP contribution in [0.1, 0.15) is 23.6 Å². The number of halogens is 1. The Labute approximate surface area is 124 Å². The topological polar surface area (TPSA) is 45.0 Å². The molecule has 0 aliphatic heterocycles. The fourth-order valence-corrected chi connectivity index (χ4v) is 1.92. The summed E-state index contributed by atoms with van der Waals surface area (Å²) in [4.78, 5) is 0. The smallest absolute Gasteiger partial charge is 0.127 e. The molecule has 2 aromatic carbocycles. The van der Waals surface area contributed by atoms with Crippen LogP contribution in [0.25, 0.3) is 0 Å². The first kappa shape index (κ1) is 15.0. The first-order valence-electron chi connectivity index (χ1n) is 6.83. The van der Waals surface area contributed by atoms with Gasteiger partial charge >= 0.3 is 0 Å². The molecule has 2 rings (SSSR count). The minimum absolute atomic E-state index is 0.305. The van der Waals surface area contributed by atoms with Gasteiger partial charge in [0, 0.05) is 12.6 Å². The molecule has 0 atom stereocenters. The molecule has 0 radical (unpaired) electrons. The molecule has 2 aromatic rings. The summed E-state index contributed by atoms with van der Waals surface area (Å²) < 4.78 is 19.2. The number of nitriles is 1. The minimum Gasteiger partial charge on any atom is -0.489 e. The number of rotatable bonds is 6. The number of nitrogens with one attached hydrogen (secondary N) is 1. The van der Waals surface area contributed by atoms with Crippen LogP contribution in [0.3, 0.4) is 0 Å². The Morgan fingerprint density at radius 3 is 2.57 bits per heavy atom. The van der Waals surface area contributed by atoms with Gasteiger partial charge in [-0.25, -0.2) is 4.39 Å². The van der Waals surface area contributed by atoms with E-state index in [1.54, 1.807) is 12.1 Å². The van der Waals surface area contributed by atoms with Gasteiger partial charge in [0.15, 0.2) is 0 Å². The molecule has 3 nitrogen and oxygen atoms in total. The standard InChI is InChI=1S/C17H17FN2O/c1-2-20-11-15-7-16(18)9-17(8-15)21-12-14-5-3-13(10-19)4-6-14/h3-9,20H,2,11-12H2,1H3. The van der Waals surface area contributed by atoms with Crippen molar-refractivity contribution in [2.45, 2.75) is 20.1 Å². The molecule has 0 aliphatic carbocycles. The molecule has 0 saturated heterocycles. The van der Waals surface area contributed by atoms with Crippen LogP contribution in [-0.4, -0.2) is 6.54 Å². The van der Waals surface area contributed by atoms with E-state index in [1.807, 2.05) is 25.1 Å². The highest BCUT2D eigenvalue weighted by Crippen LogP contribution is 2.18. The molecule has 1 N–H and O–H groups in total. The van der Waals surface area contributed by atoms with Gasteiger partial charge in [0.2, 0.25) is 0 Å². The molecule has 0 unspecified atom stereocenters. The van der Waals surface area contributed by atoms with E-state index >= 15 is 0 Å². The number of hydrogen-bond acceptors (Lipinski definition) is 3. The second-order valence-electron chi connectivity index (χ2n) is 4.67. The SMILES string of the molecule is CCNCc1cc(F)cc(OCc2ccc(C#N)cc2)c1. The third kappa shape index (κ3) is 4.59. The second kappa shape index (κ2) is 7.41. The Hall–Kier alpha value is -2.38. The van der Waals surface area contributed by atoms with Crippen LogP contribution in [0.4, 0.5) is 4.39 Å². The van der Waals surface area contributed by atoms with Gasteiger partial charge < -0.3 is 10.1 Å². The summed E-state index contributed by atoms with van der Waals surface area (Å²) in [7, 11) is 0. The predicted octanol–water partition coefficient (Wildman–Crippen LogP) is 3.39. The van der Waals surface area contributed by atoms with E-state index in [1.165, 1.54) is 12.1 Å². The minimum atomic E-state index is -0.305. The van der Waals surface area contributed by atoms with Crippen molar-refractivity contribution in [1.82, 2.24) is 5.32 Å². The summed E-state index contributed by atoms with van der Waals surface area (Å²) in [5.74, 6) is 0.201. The molecule has 0 fully saturated rings. The van der Waals surface area contributed by atoms with E-state index in [-0.39, 0.29) is 5.82 Å². The summed E-state index contributed by atoms with van der Waals surface area (Å²) in [6.07, 6.45) is 0. The van der Waals surface area contributed by atoms with E-state index in [0.29, 0.717) is 24.5 Å². The van der Waals surface area contributed by atoms with E-state index in [4.69, 9.17) is 10.00 Å². The fourth-order valence-electron chi connectivity index (χ4n) is 1.92. The van der Waals surface area contributed by atoms with Gasteiger partial charge in [0.25, 0.3) is 0 Å². The van der Waals surface area contributed by atoms with E-state index in [9.17, 15) is 4.39 Å². The third-order valence-corrected chi connectivity index (χ3v) is 3.00. The summed E-state index contributed by atoms with van der Waals surface area (Å²) in [5.41, 5.74) is 2.40. The third-order valence-electron chi connectivity index (χ3n) is 3.00. The summed E-state index contributed by atoms with van der Waals surface area (Å²) in [6, 6.07) is 13.9. The molecule has 0 bridgehead atoms. The zero-order chi connectivity index (χ0) is 15.1. The molecule has 4 heteroatoms. The molecular formula is C17H17FN2O. The van der Waals surface area contributed by atoms with Crippen molar-refractivity contribution in [2.75, 3.05) is 6.54 Å². The second-order valence-corrected chi connectivity index (χ2v) is 4.67. The van der Waals surface area contributed by atoms with Crippen LogP contribution in [0.5, 0.6) is 5.75 Å². The molecule has 0 spiro atoms. The first-order valence-corrected chi connectivity index (χ1v) is 6.83. The van der Waals surface area contributed by atoms with Crippen LogP contribution in [0.15, 0.2) is 42.5 Å². The van der Waals surface area contributed by atoms with Gasteiger partial charge in [0.1, 0.15) is 18.2 Å². The highest BCUT2D eigenvalue weighted by molar-refractivity contribution is 5.32. The van der Waals surface area contributed by atoms with Crippen molar-refractivity contribution in [3.63, 3.8) is 0 Å². The van der Waals surface area contributed by atoms with E-state index in [0.717, 1.165) is 17.7 Å². The maximum atomic E-state index is 13.5. The number of ether oxygens (including phenoxy) is 1. The largest absolute Gasteiger partial charge is 0.489 e. The van der Waals surface area contributed by atoms with Gasteiger partial charge in [0.05, 0.1) is 11.6 Å². The Bertz CT molecular complexity index is 632. The van der Waals surface area contributed by atoms with Crippen LogP contribution in [0, 0.1) is 17.1 Å². The molecule has 108 valence electrons. The fraction of sp³-hybridized carbons (Fsp3) is 0.235. The average Bonchev–Trinajstić information content (AvgIpc) is 2.51. The average molecular weight is 284 g/mol. The zero-order valence-corrected chi connectivity index (χ0v) is 11.9. The summed E-state index contributed by atoms with van der Waals surface area (Å²) in [5, 5.41) is 11.9. The number of benzene rings is 2. The Morgan fingerprint density at radius 1 is 1.14 bits per heavy atom. The Morgan fingerprint density at radius 2 is 1.90 bits per heavy atom. The maximum absolute atomic E-state index is 13.5. The van der Waals surface area contributed by atoms with Crippen molar-refractivity contribution in [1.29, 1.82) is 5.26 Å². The van der Waals surface area contributed by atoms with Crippen molar-refractivity contribution in [3.05, 3.63) is 65.0 Å². The van der Waals surface area contributed by atoms with Gasteiger partial charge in [-0.1, -0.05) is 19.1 Å². The molecule has 0 aromatic heterocycles. The first-order chi connectivity index (χ1) is 10.2. The molecule has 0 aliphatic rings. The van der Waals surface area contributed by atoms with Crippen LogP contribution in [0.2, 0.25) is 0 Å². The molecular weight excluding hydrogens is 267 g/mol. The van der Waals surface area contributed by atoms with Crippen LogP contribution in [-0.2, 0) is 13.2 Å².